The molecule has 2 unspecified atom stereocenters. The number of carbonyl (C=O) groups excluding carboxylic acids is 2. The number of phenolic OH excluding ortho intramolecular Hbond substituents is 2. The predicted octanol–water partition coefficient (Wildman–Crippen LogP) is 6.29. The molecule has 4 aromatic rings. The number of aromatic hydroxyl groups is 2. The van der Waals surface area contributed by atoms with Crippen LogP contribution in [0.1, 0.15) is 53.4 Å². The molecule has 2 aliphatic rings. The van der Waals surface area contributed by atoms with Crippen molar-refractivity contribution >= 4 is 31.5 Å². The fourth-order valence-electron chi connectivity index (χ4n) is 6.83. The number of phenols is 2. The molecular weight excluding hydrogens is 809 g/mol. The molecule has 4 aromatic carbocycles. The summed E-state index contributed by atoms with van der Waals surface area (Å²) in [5, 5.41) is 37.5. The van der Waals surface area contributed by atoms with Crippen LogP contribution in [0, 0.1) is 33.5 Å². The van der Waals surface area contributed by atoms with Crippen LogP contribution in [0.2, 0.25) is 0 Å². The third kappa shape index (κ3) is 10.4. The van der Waals surface area contributed by atoms with Gasteiger partial charge in [0.25, 0.3) is 0 Å². The average molecular weight is 857 g/mol. The summed E-state index contributed by atoms with van der Waals surface area (Å²) >= 11 is 0. The number of ether oxygens (including phenoxy) is 2. The zero-order chi connectivity index (χ0) is 43.9. The van der Waals surface area contributed by atoms with Gasteiger partial charge in [-0.1, -0.05) is 0 Å². The standard InChI is InChI=1S/C32H38N4O6S.C12H10O4S/c1-31(2,21-33)27(35-17-5-7-29(35)37)19-41-23-9-13-25(14-10-23)43(39,40)26-15-11-24(12-16-26)42-20-28(32(3,4)22-34)36-18-6-8-30(36)38;13-9-1-5-11(6-2-9)17(15,16)12-7-3-10(14)4-8-12/h9-16,27-28H,5-8,17-20H2,1-4H3;1-8,13-14H. The van der Waals surface area contributed by atoms with E-state index in [2.05, 4.69) is 12.1 Å². The Balaban J connectivity index is 0.000000333. The van der Waals surface area contributed by atoms with Gasteiger partial charge in [-0.15, -0.1) is 0 Å². The fourth-order valence-corrected chi connectivity index (χ4v) is 9.35. The van der Waals surface area contributed by atoms with Crippen molar-refractivity contribution in [3.05, 3.63) is 97.1 Å². The maximum Gasteiger partial charge on any atom is 0.223 e. The molecule has 60 heavy (non-hydrogen) atoms. The molecule has 0 aromatic heterocycles. The van der Waals surface area contributed by atoms with Gasteiger partial charge in [0, 0.05) is 25.9 Å². The number of carbonyl (C=O) groups is 2. The Morgan fingerprint density at radius 3 is 1.10 bits per heavy atom. The van der Waals surface area contributed by atoms with Crippen molar-refractivity contribution in [3.63, 3.8) is 0 Å². The number of nitriles is 2. The highest BCUT2D eigenvalue weighted by Crippen LogP contribution is 2.32. The molecule has 0 saturated carbocycles. The van der Waals surface area contributed by atoms with E-state index in [1.54, 1.807) is 61.8 Å². The summed E-state index contributed by atoms with van der Waals surface area (Å²) in [7, 11) is -7.43. The molecule has 316 valence electrons. The first-order valence-electron chi connectivity index (χ1n) is 19.3. The van der Waals surface area contributed by atoms with E-state index in [-0.39, 0.29) is 56.1 Å². The summed E-state index contributed by atoms with van der Waals surface area (Å²) in [6.45, 7) is 8.48. The van der Waals surface area contributed by atoms with Gasteiger partial charge in [0.1, 0.15) is 36.2 Å². The molecule has 0 spiro atoms. The highest BCUT2D eigenvalue weighted by molar-refractivity contribution is 7.91. The molecule has 0 bridgehead atoms. The number of sulfone groups is 2. The minimum atomic E-state index is -3.83. The summed E-state index contributed by atoms with van der Waals surface area (Å²) in [6.07, 6.45) is 2.40. The zero-order valence-corrected chi connectivity index (χ0v) is 35.4. The first-order chi connectivity index (χ1) is 28.3. The second-order valence-corrected chi connectivity index (χ2v) is 19.5. The third-order valence-electron chi connectivity index (χ3n) is 10.6. The molecule has 0 aliphatic carbocycles. The summed E-state index contributed by atoms with van der Waals surface area (Å²) < 4.78 is 62.7. The normalized spacial score (nSPS) is 15.6. The third-order valence-corrected chi connectivity index (χ3v) is 14.2. The highest BCUT2D eigenvalue weighted by atomic mass is 32.2. The molecule has 2 aliphatic heterocycles. The van der Waals surface area contributed by atoms with Crippen LogP contribution in [0.5, 0.6) is 23.0 Å². The van der Waals surface area contributed by atoms with Crippen LogP contribution < -0.4 is 9.47 Å². The minimum absolute atomic E-state index is 0.00213. The van der Waals surface area contributed by atoms with Crippen molar-refractivity contribution in [2.75, 3.05) is 26.3 Å². The lowest BCUT2D eigenvalue weighted by atomic mass is 9.85. The van der Waals surface area contributed by atoms with E-state index in [1.807, 2.05) is 0 Å². The van der Waals surface area contributed by atoms with E-state index < -0.39 is 42.6 Å². The topological polar surface area (TPSA) is 215 Å². The Morgan fingerprint density at radius 1 is 0.567 bits per heavy atom. The lowest BCUT2D eigenvalue weighted by Gasteiger charge is -2.35. The molecule has 16 heteroatoms. The van der Waals surface area contributed by atoms with Crippen LogP contribution in [0.4, 0.5) is 0 Å². The molecular formula is C44H48N4O10S2. The van der Waals surface area contributed by atoms with Crippen molar-refractivity contribution in [1.82, 2.24) is 9.80 Å². The summed E-state index contributed by atoms with van der Waals surface area (Å²) in [5.74, 6) is 0.882. The van der Waals surface area contributed by atoms with Crippen LogP contribution in [-0.2, 0) is 29.3 Å². The largest absolute Gasteiger partial charge is 0.508 e. The van der Waals surface area contributed by atoms with E-state index >= 15 is 0 Å². The Bertz CT molecular complexity index is 2300. The van der Waals surface area contributed by atoms with E-state index in [0.29, 0.717) is 37.4 Å². The van der Waals surface area contributed by atoms with Crippen molar-refractivity contribution in [2.24, 2.45) is 10.8 Å². The van der Waals surface area contributed by atoms with Crippen LogP contribution >= 0.6 is 0 Å². The van der Waals surface area contributed by atoms with Crippen molar-refractivity contribution in [1.29, 1.82) is 10.5 Å². The van der Waals surface area contributed by atoms with Crippen molar-refractivity contribution < 1.29 is 46.1 Å². The number of likely N-dealkylation sites (tertiary alicyclic amines) is 2. The summed E-state index contributed by atoms with van der Waals surface area (Å²) in [6, 6.07) is 26.3. The SMILES string of the molecule is CC(C)(C#N)C(COc1ccc(S(=O)(=O)c2ccc(OCC(N3CCCC3=O)C(C)(C)C#N)cc2)cc1)N1CCCC1=O.O=S(=O)(c1ccc(O)cc1)c1ccc(O)cc1. The predicted molar refractivity (Wildman–Crippen MR) is 219 cm³/mol. The molecule has 2 fully saturated rings. The van der Waals surface area contributed by atoms with Gasteiger partial charge < -0.3 is 29.5 Å². The highest BCUT2D eigenvalue weighted by Gasteiger charge is 2.40. The van der Waals surface area contributed by atoms with Gasteiger partial charge >= 0.3 is 0 Å². The van der Waals surface area contributed by atoms with E-state index in [0.717, 1.165) is 12.8 Å². The summed E-state index contributed by atoms with van der Waals surface area (Å²) in [5.41, 5.74) is -1.64. The van der Waals surface area contributed by atoms with Gasteiger partial charge in [0.05, 0.1) is 54.6 Å². The molecule has 2 saturated heterocycles. The van der Waals surface area contributed by atoms with Gasteiger partial charge in [-0.25, -0.2) is 16.8 Å². The second kappa shape index (κ2) is 18.4. The lowest BCUT2D eigenvalue weighted by molar-refractivity contribution is -0.132. The van der Waals surface area contributed by atoms with Crippen LogP contribution in [-0.4, -0.2) is 87.0 Å². The Kier molecular flexibility index (Phi) is 13.8. The first kappa shape index (κ1) is 45.0. The summed E-state index contributed by atoms with van der Waals surface area (Å²) in [4.78, 5) is 28.5. The zero-order valence-electron chi connectivity index (χ0n) is 33.8. The molecule has 0 radical (unpaired) electrons. The Morgan fingerprint density at radius 2 is 0.850 bits per heavy atom. The monoisotopic (exact) mass is 856 g/mol. The quantitative estimate of drug-likeness (QED) is 0.143. The maximum absolute atomic E-state index is 13.3. The minimum Gasteiger partial charge on any atom is -0.508 e. The fraction of sp³-hybridized carbons (Fsp3) is 0.364. The number of hydrogen-bond acceptors (Lipinski definition) is 12. The number of rotatable bonds is 14. The molecule has 2 N–H and O–H groups in total. The van der Waals surface area contributed by atoms with Gasteiger partial charge in [-0.05, 0) is 138 Å². The van der Waals surface area contributed by atoms with Gasteiger partial charge in [-0.2, -0.15) is 10.5 Å². The number of benzene rings is 4. The number of amides is 2. The second-order valence-electron chi connectivity index (χ2n) is 15.6. The maximum atomic E-state index is 13.3. The molecule has 14 nitrogen and oxygen atoms in total. The Hall–Kier alpha value is -6.10. The molecule has 2 atom stereocenters. The van der Waals surface area contributed by atoms with Crippen LogP contribution in [0.3, 0.4) is 0 Å². The first-order valence-corrected chi connectivity index (χ1v) is 22.2. The van der Waals surface area contributed by atoms with E-state index in [1.165, 1.54) is 72.8 Å². The van der Waals surface area contributed by atoms with Crippen LogP contribution in [0.15, 0.2) is 117 Å². The van der Waals surface area contributed by atoms with Gasteiger partial charge in [-0.3, -0.25) is 9.59 Å². The van der Waals surface area contributed by atoms with Crippen LogP contribution in [0.25, 0.3) is 0 Å². The van der Waals surface area contributed by atoms with Crippen molar-refractivity contribution in [2.45, 2.75) is 85.0 Å². The van der Waals surface area contributed by atoms with E-state index in [4.69, 9.17) is 19.7 Å². The van der Waals surface area contributed by atoms with Gasteiger partial charge in [0.15, 0.2) is 0 Å². The Labute approximate surface area is 351 Å². The molecule has 6 rings (SSSR count). The average Bonchev–Trinajstić information content (AvgIpc) is 3.85. The molecule has 2 heterocycles. The van der Waals surface area contributed by atoms with Crippen molar-refractivity contribution in [3.8, 4) is 35.1 Å². The van der Waals surface area contributed by atoms with Gasteiger partial charge in [0.2, 0.25) is 31.5 Å². The number of nitrogens with zero attached hydrogens (tertiary/aromatic N) is 4. The van der Waals surface area contributed by atoms with E-state index in [9.17, 15) is 36.9 Å². The molecule has 2 amide bonds. The number of hydrogen-bond donors (Lipinski definition) is 2. The lowest BCUT2D eigenvalue weighted by Crippen LogP contribution is -2.49. The smallest absolute Gasteiger partial charge is 0.223 e.